The Morgan fingerprint density at radius 2 is 1.69 bits per heavy atom. The summed E-state index contributed by atoms with van der Waals surface area (Å²) in [6, 6.07) is 0. The molecule has 0 aromatic carbocycles. The first-order chi connectivity index (χ1) is 7.75. The summed E-state index contributed by atoms with van der Waals surface area (Å²) in [4.78, 5) is 5.12. The smallest absolute Gasteiger partial charge is 0.0590 e. The summed E-state index contributed by atoms with van der Waals surface area (Å²) in [6.07, 6.45) is 5.08. The lowest BCUT2D eigenvalue weighted by atomic mass is 9.97. The van der Waals surface area contributed by atoms with Crippen molar-refractivity contribution in [3.05, 3.63) is 0 Å². The molecule has 2 aliphatic rings. The Hall–Kier alpha value is -0.120. The molecule has 0 aromatic rings. The highest BCUT2D eigenvalue weighted by molar-refractivity contribution is 4.78. The average Bonchev–Trinajstić information content (AvgIpc) is 2.32. The molecule has 1 N–H and O–H groups in total. The molecule has 2 rings (SSSR count). The van der Waals surface area contributed by atoms with Gasteiger partial charge in [-0.2, -0.15) is 0 Å². The summed E-state index contributed by atoms with van der Waals surface area (Å²) < 4.78 is 0. The second-order valence-corrected chi connectivity index (χ2v) is 5.54. The lowest BCUT2D eigenvalue weighted by molar-refractivity contribution is 0.0306. The van der Waals surface area contributed by atoms with Gasteiger partial charge in [-0.25, -0.2) is 0 Å². The predicted molar refractivity (Wildman–Crippen MR) is 66.5 cm³/mol. The first-order valence-corrected chi connectivity index (χ1v) is 6.88. The Morgan fingerprint density at radius 3 is 2.38 bits per heavy atom. The van der Waals surface area contributed by atoms with Gasteiger partial charge >= 0.3 is 0 Å². The van der Waals surface area contributed by atoms with Gasteiger partial charge in [0.25, 0.3) is 0 Å². The molecule has 0 amide bonds. The molecule has 16 heavy (non-hydrogen) atoms. The Bertz CT molecular complexity index is 204. The zero-order valence-corrected chi connectivity index (χ0v) is 10.6. The molecule has 0 aromatic heterocycles. The van der Waals surface area contributed by atoms with Crippen LogP contribution in [0, 0.1) is 5.92 Å². The van der Waals surface area contributed by atoms with Crippen molar-refractivity contribution in [2.75, 3.05) is 39.3 Å². The molecule has 3 heteroatoms. The molecule has 0 bridgehead atoms. The van der Waals surface area contributed by atoms with Crippen molar-refractivity contribution in [3.8, 4) is 0 Å². The highest BCUT2D eigenvalue weighted by Crippen LogP contribution is 2.16. The van der Waals surface area contributed by atoms with E-state index in [9.17, 15) is 5.11 Å². The summed E-state index contributed by atoms with van der Waals surface area (Å²) in [7, 11) is 0. The number of nitrogens with zero attached hydrogens (tertiary/aromatic N) is 2. The van der Waals surface area contributed by atoms with Crippen LogP contribution in [-0.2, 0) is 0 Å². The number of likely N-dealkylation sites (tertiary alicyclic amines) is 2. The third kappa shape index (κ3) is 3.44. The number of aliphatic hydroxyl groups excluding tert-OH is 1. The summed E-state index contributed by atoms with van der Waals surface area (Å²) in [5, 5.41) is 9.68. The van der Waals surface area contributed by atoms with E-state index >= 15 is 0 Å². The van der Waals surface area contributed by atoms with Crippen LogP contribution in [0.25, 0.3) is 0 Å². The zero-order chi connectivity index (χ0) is 11.4. The summed E-state index contributed by atoms with van der Waals surface area (Å²) in [5.41, 5.74) is 0. The predicted octanol–water partition coefficient (Wildman–Crippen LogP) is 1.17. The van der Waals surface area contributed by atoms with Crippen molar-refractivity contribution in [1.82, 2.24) is 9.80 Å². The third-order valence-electron chi connectivity index (χ3n) is 4.13. The fourth-order valence-electron chi connectivity index (χ4n) is 2.89. The highest BCUT2D eigenvalue weighted by Gasteiger charge is 2.24. The Morgan fingerprint density at radius 1 is 1.00 bits per heavy atom. The maximum Gasteiger partial charge on any atom is 0.0590 e. The van der Waals surface area contributed by atoms with Crippen LogP contribution in [0.3, 0.4) is 0 Å². The van der Waals surface area contributed by atoms with E-state index in [4.69, 9.17) is 0 Å². The zero-order valence-electron chi connectivity index (χ0n) is 10.6. The van der Waals surface area contributed by atoms with Crippen LogP contribution in [0.2, 0.25) is 0 Å². The van der Waals surface area contributed by atoms with Crippen LogP contribution >= 0.6 is 0 Å². The van der Waals surface area contributed by atoms with Gasteiger partial charge in [-0.05, 0) is 38.3 Å². The van der Waals surface area contributed by atoms with E-state index in [-0.39, 0.29) is 6.10 Å². The van der Waals surface area contributed by atoms with Crippen molar-refractivity contribution >= 4 is 0 Å². The van der Waals surface area contributed by atoms with Crippen molar-refractivity contribution in [2.45, 2.75) is 38.7 Å². The van der Waals surface area contributed by atoms with Gasteiger partial charge in [0.15, 0.2) is 0 Å². The van der Waals surface area contributed by atoms with Crippen molar-refractivity contribution in [3.63, 3.8) is 0 Å². The molecule has 2 fully saturated rings. The first-order valence-electron chi connectivity index (χ1n) is 6.88. The molecule has 94 valence electrons. The molecule has 3 nitrogen and oxygen atoms in total. The van der Waals surface area contributed by atoms with E-state index < -0.39 is 0 Å². The quantitative estimate of drug-likeness (QED) is 0.783. The minimum absolute atomic E-state index is 0.0637. The lowest BCUT2D eigenvalue weighted by Crippen LogP contribution is -2.45. The van der Waals surface area contributed by atoms with Crippen molar-refractivity contribution in [2.24, 2.45) is 5.92 Å². The second kappa shape index (κ2) is 5.99. The maximum absolute atomic E-state index is 9.68. The van der Waals surface area contributed by atoms with Crippen LogP contribution in [0.4, 0.5) is 0 Å². The van der Waals surface area contributed by atoms with Gasteiger partial charge in [0.05, 0.1) is 6.10 Å². The fraction of sp³-hybridized carbons (Fsp3) is 1.00. The van der Waals surface area contributed by atoms with E-state index in [1.54, 1.807) is 0 Å². The van der Waals surface area contributed by atoms with E-state index in [0.717, 1.165) is 19.5 Å². The molecule has 0 unspecified atom stereocenters. The summed E-state index contributed by atoms with van der Waals surface area (Å²) in [5.74, 6) is 0.454. The Labute approximate surface area is 99.4 Å². The number of rotatable bonds is 3. The Kier molecular flexibility index (Phi) is 4.62. The van der Waals surface area contributed by atoms with E-state index in [2.05, 4.69) is 16.7 Å². The molecule has 0 aliphatic carbocycles. The summed E-state index contributed by atoms with van der Waals surface area (Å²) >= 11 is 0. The molecular formula is C13H26N2O. The topological polar surface area (TPSA) is 26.7 Å². The van der Waals surface area contributed by atoms with Gasteiger partial charge in [0, 0.05) is 26.2 Å². The highest BCUT2D eigenvalue weighted by atomic mass is 16.3. The van der Waals surface area contributed by atoms with E-state index in [0.29, 0.717) is 5.92 Å². The van der Waals surface area contributed by atoms with Gasteiger partial charge < -0.3 is 14.9 Å². The van der Waals surface area contributed by atoms with Gasteiger partial charge in [-0.3, -0.25) is 0 Å². The molecule has 2 aliphatic heterocycles. The maximum atomic E-state index is 9.68. The minimum atomic E-state index is -0.0637. The van der Waals surface area contributed by atoms with Crippen LogP contribution in [-0.4, -0.2) is 60.3 Å². The molecule has 2 heterocycles. The van der Waals surface area contributed by atoms with E-state index in [1.165, 1.54) is 45.4 Å². The van der Waals surface area contributed by atoms with Gasteiger partial charge in [0.2, 0.25) is 0 Å². The molecule has 0 saturated carbocycles. The standard InChI is InChI=1S/C13H26N2O/c1-12-11-15(8-5-13(12)16)10-9-14-6-3-2-4-7-14/h12-13,16H,2-11H2,1H3/t12-,13-/m0/s1. The first kappa shape index (κ1) is 12.3. The van der Waals surface area contributed by atoms with Crippen LogP contribution in [0.5, 0.6) is 0 Å². The number of piperidine rings is 2. The third-order valence-corrected chi connectivity index (χ3v) is 4.13. The summed E-state index contributed by atoms with van der Waals surface area (Å²) in [6.45, 7) is 9.34. The average molecular weight is 226 g/mol. The van der Waals surface area contributed by atoms with Crippen LogP contribution < -0.4 is 0 Å². The number of hydrogen-bond donors (Lipinski definition) is 1. The van der Waals surface area contributed by atoms with E-state index in [1.807, 2.05) is 0 Å². The van der Waals surface area contributed by atoms with Crippen LogP contribution in [0.15, 0.2) is 0 Å². The SMILES string of the molecule is C[C@H]1CN(CCN2CCCCC2)CC[C@@H]1O. The largest absolute Gasteiger partial charge is 0.393 e. The second-order valence-electron chi connectivity index (χ2n) is 5.54. The van der Waals surface area contributed by atoms with Gasteiger partial charge in [-0.15, -0.1) is 0 Å². The monoisotopic (exact) mass is 226 g/mol. The molecule has 2 saturated heterocycles. The van der Waals surface area contributed by atoms with Gasteiger partial charge in [-0.1, -0.05) is 13.3 Å². The van der Waals surface area contributed by atoms with Crippen molar-refractivity contribution in [1.29, 1.82) is 0 Å². The van der Waals surface area contributed by atoms with Crippen molar-refractivity contribution < 1.29 is 5.11 Å². The number of aliphatic hydroxyl groups is 1. The fourth-order valence-corrected chi connectivity index (χ4v) is 2.89. The molecular weight excluding hydrogens is 200 g/mol. The molecule has 2 atom stereocenters. The van der Waals surface area contributed by atoms with Gasteiger partial charge in [0.1, 0.15) is 0 Å². The molecule has 0 radical (unpaired) electrons. The normalized spacial score (nSPS) is 34.1. The minimum Gasteiger partial charge on any atom is -0.393 e. The number of hydrogen-bond acceptors (Lipinski definition) is 3. The van der Waals surface area contributed by atoms with Crippen LogP contribution in [0.1, 0.15) is 32.6 Å². The molecule has 0 spiro atoms. The Balaban J connectivity index is 1.65. The lowest BCUT2D eigenvalue weighted by Gasteiger charge is -2.36.